The van der Waals surface area contributed by atoms with E-state index in [0.29, 0.717) is 28.6 Å². The molecule has 0 saturated heterocycles. The van der Waals surface area contributed by atoms with Crippen molar-refractivity contribution in [3.05, 3.63) is 164 Å². The molecule has 0 saturated carbocycles. The number of para-hydroxylation sites is 4. The molecule has 0 aliphatic rings. The van der Waals surface area contributed by atoms with Crippen LogP contribution in [0.25, 0.3) is 100.0 Å². The minimum Gasteiger partial charge on any atom is -0.456 e. The summed E-state index contributed by atoms with van der Waals surface area (Å²) < 4.78 is 53.3. The highest BCUT2D eigenvalue weighted by molar-refractivity contribution is 6.26. The van der Waals surface area contributed by atoms with Crippen LogP contribution in [-0.4, -0.2) is 24.1 Å². The molecule has 0 unspecified atom stereocenters. The smallest absolute Gasteiger partial charge is 0.238 e. The number of hydrogen-bond acceptors (Lipinski definition) is 4. The van der Waals surface area contributed by atoms with E-state index in [1.54, 1.807) is 4.57 Å². The van der Waals surface area contributed by atoms with Gasteiger partial charge in [-0.2, -0.15) is 9.97 Å². The fourth-order valence-electron chi connectivity index (χ4n) is 7.49. The lowest BCUT2D eigenvalue weighted by Gasteiger charge is -2.12. The second kappa shape index (κ2) is 10.7. The molecular weight excluding hydrogens is 627 g/mol. The lowest BCUT2D eigenvalue weighted by molar-refractivity contribution is 0.669. The van der Waals surface area contributed by atoms with Gasteiger partial charge < -0.3 is 8.98 Å². The molecule has 4 aromatic heterocycles. The number of fused-ring (bicyclic) bond motifs is 10. The lowest BCUT2D eigenvalue weighted by Crippen LogP contribution is -2.06. The van der Waals surface area contributed by atoms with Gasteiger partial charge in [-0.3, -0.25) is 4.57 Å². The number of rotatable bonds is 4. The van der Waals surface area contributed by atoms with Crippen LogP contribution in [0.5, 0.6) is 0 Å². The summed E-state index contributed by atoms with van der Waals surface area (Å²) in [6, 6.07) is 41.9. The molecule has 0 radical (unpaired) electrons. The average molecular weight is 659 g/mol. The van der Waals surface area contributed by atoms with Crippen molar-refractivity contribution in [3.8, 4) is 34.4 Å². The summed E-state index contributed by atoms with van der Waals surface area (Å²) in [5.41, 5.74) is 6.27. The van der Waals surface area contributed by atoms with E-state index in [1.807, 2.05) is 127 Å². The van der Waals surface area contributed by atoms with Gasteiger partial charge in [0.2, 0.25) is 5.95 Å². The Morgan fingerprint density at radius 3 is 1.94 bits per heavy atom. The predicted octanol–water partition coefficient (Wildman–Crippen LogP) is 11.3. The van der Waals surface area contributed by atoms with Crippen LogP contribution < -0.4 is 0 Å². The second-order valence-corrected chi connectivity index (χ2v) is 12.5. The topological polar surface area (TPSA) is 61.7 Å². The zero-order valence-electron chi connectivity index (χ0n) is 31.8. The van der Waals surface area contributed by atoms with Crippen molar-refractivity contribution in [2.45, 2.75) is 0 Å². The Labute approximate surface area is 298 Å². The van der Waals surface area contributed by atoms with E-state index in [1.165, 1.54) is 0 Å². The highest BCUT2D eigenvalue weighted by Gasteiger charge is 2.23. The first-order valence-electron chi connectivity index (χ1n) is 19.1. The maximum atomic E-state index is 8.95. The van der Waals surface area contributed by atoms with Crippen molar-refractivity contribution in [2.75, 3.05) is 0 Å². The van der Waals surface area contributed by atoms with E-state index >= 15 is 0 Å². The molecule has 0 bridgehead atoms. The van der Waals surface area contributed by atoms with Crippen LogP contribution in [-0.2, 0) is 0 Å². The molecule has 51 heavy (non-hydrogen) atoms. The Morgan fingerprint density at radius 1 is 0.471 bits per heavy atom. The fraction of sp³-hybridized carbons (Fsp3) is 0. The van der Waals surface area contributed by atoms with Crippen molar-refractivity contribution in [1.82, 2.24) is 24.1 Å². The summed E-state index contributed by atoms with van der Waals surface area (Å²) in [6.07, 6.45) is 0. The van der Waals surface area contributed by atoms with Crippen molar-refractivity contribution >= 4 is 65.6 Å². The summed E-state index contributed by atoms with van der Waals surface area (Å²) in [7, 11) is 0. The van der Waals surface area contributed by atoms with E-state index in [0.717, 1.165) is 65.6 Å². The molecule has 0 fully saturated rings. The molecule has 0 spiro atoms. The fourth-order valence-corrected chi connectivity index (χ4v) is 7.49. The van der Waals surface area contributed by atoms with Crippen LogP contribution in [0.1, 0.15) is 6.85 Å². The second-order valence-electron chi connectivity index (χ2n) is 12.5. The zero-order valence-corrected chi connectivity index (χ0v) is 26.8. The summed E-state index contributed by atoms with van der Waals surface area (Å²) >= 11 is 0. The van der Waals surface area contributed by atoms with Gasteiger partial charge in [0.25, 0.3) is 0 Å². The van der Waals surface area contributed by atoms with Crippen molar-refractivity contribution in [3.63, 3.8) is 0 Å². The molecular formula is C45H27N5O. The van der Waals surface area contributed by atoms with Gasteiger partial charge in [0.05, 0.1) is 28.9 Å². The standard InChI is InChI=1S/C45H27N5O/c1-3-13-28(14-4-1)43-46-44(29-23-24-33-32-18-9-12-22-39(32)51-40(33)27-29)48-45(47-43)50-36-20-10-7-17-31(36)34-25-26-38-41(42(34)50)35-19-8-11-21-37(35)49(38)30-15-5-2-6-16-30/h1-27H/i2D,5D,6D,15D,16D. The highest BCUT2D eigenvalue weighted by Crippen LogP contribution is 2.42. The summed E-state index contributed by atoms with van der Waals surface area (Å²) in [5.74, 6) is 1.36. The van der Waals surface area contributed by atoms with Crippen LogP contribution in [0.2, 0.25) is 0 Å². The van der Waals surface area contributed by atoms with E-state index < -0.39 is 18.1 Å². The zero-order chi connectivity index (χ0) is 37.8. The van der Waals surface area contributed by atoms with Crippen molar-refractivity contribution in [1.29, 1.82) is 0 Å². The van der Waals surface area contributed by atoms with E-state index in [9.17, 15) is 0 Å². The normalized spacial score (nSPS) is 13.3. The molecule has 0 N–H and O–H groups in total. The van der Waals surface area contributed by atoms with Gasteiger partial charge in [0.15, 0.2) is 11.6 Å². The number of hydrogen-bond donors (Lipinski definition) is 0. The summed E-state index contributed by atoms with van der Waals surface area (Å²) in [5, 5.41) is 5.64. The maximum absolute atomic E-state index is 8.95. The Hall–Kier alpha value is -7.05. The van der Waals surface area contributed by atoms with E-state index in [-0.39, 0.29) is 17.8 Å². The number of nitrogens with zero attached hydrogens (tertiary/aromatic N) is 5. The van der Waals surface area contributed by atoms with Gasteiger partial charge in [-0.1, -0.05) is 115 Å². The van der Waals surface area contributed by atoms with Crippen molar-refractivity contribution in [2.24, 2.45) is 0 Å². The molecule has 11 rings (SSSR count). The first kappa shape index (κ1) is 23.3. The highest BCUT2D eigenvalue weighted by atomic mass is 16.3. The van der Waals surface area contributed by atoms with Gasteiger partial charge in [-0.05, 0) is 48.5 Å². The maximum Gasteiger partial charge on any atom is 0.238 e. The largest absolute Gasteiger partial charge is 0.456 e. The number of benzene rings is 7. The molecule has 0 amide bonds. The van der Waals surface area contributed by atoms with E-state index in [2.05, 4.69) is 10.6 Å². The van der Waals surface area contributed by atoms with E-state index in [4.69, 9.17) is 26.2 Å². The third-order valence-electron chi connectivity index (χ3n) is 9.67. The molecule has 6 nitrogen and oxygen atoms in total. The minimum absolute atomic E-state index is 0.0824. The molecule has 0 aliphatic carbocycles. The molecule has 0 atom stereocenters. The first-order valence-corrected chi connectivity index (χ1v) is 16.6. The third kappa shape index (κ3) is 4.14. The Balaban J connectivity index is 1.26. The van der Waals surface area contributed by atoms with Gasteiger partial charge in [0, 0.05) is 49.1 Å². The monoisotopic (exact) mass is 658 g/mol. The van der Waals surface area contributed by atoms with Crippen LogP contribution in [0.15, 0.2) is 168 Å². The van der Waals surface area contributed by atoms with Gasteiger partial charge >= 0.3 is 0 Å². The Kier molecular flexibility index (Phi) is 4.91. The first-order chi connectivity index (χ1) is 27.4. The lowest BCUT2D eigenvalue weighted by atomic mass is 10.1. The minimum atomic E-state index is -0.439. The molecule has 0 aliphatic heterocycles. The molecule has 7 aromatic carbocycles. The third-order valence-corrected chi connectivity index (χ3v) is 9.67. The molecule has 11 aromatic rings. The summed E-state index contributed by atoms with van der Waals surface area (Å²) in [4.78, 5) is 15.4. The predicted molar refractivity (Wildman–Crippen MR) is 207 cm³/mol. The van der Waals surface area contributed by atoms with Gasteiger partial charge in [0.1, 0.15) is 11.2 Å². The Bertz CT molecular complexity index is 3410. The number of furan rings is 1. The van der Waals surface area contributed by atoms with Crippen LogP contribution in [0, 0.1) is 0 Å². The average Bonchev–Trinajstić information content (AvgIpc) is 3.90. The van der Waals surface area contributed by atoms with Gasteiger partial charge in [-0.25, -0.2) is 4.98 Å². The SMILES string of the molecule is [2H]c1c([2H])c([2H])c(-n2c3ccccc3c3c2ccc2c4ccccc4n(-c4nc(-c5ccccc5)nc(-c5ccc6c(c5)oc5ccccc56)n4)c23)c([2H])c1[2H]. The Morgan fingerprint density at radius 2 is 1.12 bits per heavy atom. The van der Waals surface area contributed by atoms with Crippen LogP contribution >= 0.6 is 0 Å². The molecule has 4 heterocycles. The molecule has 238 valence electrons. The van der Waals surface area contributed by atoms with Crippen LogP contribution in [0.3, 0.4) is 0 Å². The molecule has 6 heteroatoms. The van der Waals surface area contributed by atoms with Crippen molar-refractivity contribution < 1.29 is 11.3 Å². The number of aromatic nitrogens is 5. The summed E-state index contributed by atoms with van der Waals surface area (Å²) in [6.45, 7) is 0. The van der Waals surface area contributed by atoms with Crippen LogP contribution in [0.4, 0.5) is 0 Å². The van der Waals surface area contributed by atoms with Gasteiger partial charge in [-0.15, -0.1) is 0 Å². The quantitative estimate of drug-likeness (QED) is 0.189.